The van der Waals surface area contributed by atoms with E-state index in [2.05, 4.69) is 0 Å². The summed E-state index contributed by atoms with van der Waals surface area (Å²) in [4.78, 5) is 0. The fourth-order valence-electron chi connectivity index (χ4n) is 0.525. The second kappa shape index (κ2) is 3.99. The standard InChI is InChI=1S/C6H7NO.Ca/c7-5-2-1-3-6(8)4-5;/h1-4,8H,7H2;. The molecule has 0 amide bonds. The van der Waals surface area contributed by atoms with Gasteiger partial charge in [0, 0.05) is 49.5 Å². The van der Waals surface area contributed by atoms with Crippen LogP contribution in [0.1, 0.15) is 0 Å². The zero-order valence-corrected chi connectivity index (χ0v) is 7.25. The van der Waals surface area contributed by atoms with Crippen molar-refractivity contribution in [2.75, 3.05) is 5.73 Å². The summed E-state index contributed by atoms with van der Waals surface area (Å²) >= 11 is 0. The SMILES string of the molecule is Nc1cccc(O)c1.[Ca]. The Hall–Kier alpha value is 0.0797. The van der Waals surface area contributed by atoms with Crippen LogP contribution in [0.3, 0.4) is 0 Å². The van der Waals surface area contributed by atoms with Gasteiger partial charge >= 0.3 is 0 Å². The van der Waals surface area contributed by atoms with Crippen LogP contribution >= 0.6 is 0 Å². The van der Waals surface area contributed by atoms with Crippen LogP contribution in [0.15, 0.2) is 24.3 Å². The summed E-state index contributed by atoms with van der Waals surface area (Å²) in [6.07, 6.45) is 0. The Morgan fingerprint density at radius 2 is 2.00 bits per heavy atom. The van der Waals surface area contributed by atoms with Gasteiger partial charge in [0.15, 0.2) is 0 Å². The summed E-state index contributed by atoms with van der Waals surface area (Å²) in [6, 6.07) is 6.50. The van der Waals surface area contributed by atoms with Gasteiger partial charge in [-0.15, -0.1) is 0 Å². The average Bonchev–Trinajstić information content (AvgIpc) is 1.64. The maximum absolute atomic E-state index is 8.73. The number of phenols is 1. The second-order valence-corrected chi connectivity index (χ2v) is 1.59. The molecule has 0 aromatic heterocycles. The molecule has 0 heterocycles. The quantitative estimate of drug-likeness (QED) is 0.419. The topological polar surface area (TPSA) is 46.2 Å². The Labute approximate surface area is 83.7 Å². The van der Waals surface area contributed by atoms with E-state index in [0.717, 1.165) is 0 Å². The molecule has 0 aliphatic heterocycles. The Morgan fingerprint density at radius 1 is 1.33 bits per heavy atom. The number of phenolic OH excluding ortho intramolecular Hbond substituents is 1. The molecule has 0 spiro atoms. The van der Waals surface area contributed by atoms with Crippen LogP contribution < -0.4 is 5.73 Å². The maximum atomic E-state index is 8.73. The number of nitrogens with two attached hydrogens (primary N) is 1. The van der Waals surface area contributed by atoms with Gasteiger partial charge in [-0.2, -0.15) is 0 Å². The number of hydrogen-bond acceptors (Lipinski definition) is 2. The van der Waals surface area contributed by atoms with Crippen LogP contribution in [0.5, 0.6) is 5.75 Å². The maximum Gasteiger partial charge on any atom is 0.117 e. The summed E-state index contributed by atoms with van der Waals surface area (Å²) < 4.78 is 0. The summed E-state index contributed by atoms with van der Waals surface area (Å²) in [5, 5.41) is 8.73. The van der Waals surface area contributed by atoms with Crippen molar-refractivity contribution in [3.8, 4) is 5.75 Å². The van der Waals surface area contributed by atoms with Crippen LogP contribution in [-0.2, 0) is 0 Å². The van der Waals surface area contributed by atoms with Gasteiger partial charge in [0.25, 0.3) is 0 Å². The van der Waals surface area contributed by atoms with Crippen molar-refractivity contribution in [1.29, 1.82) is 0 Å². The zero-order valence-electron chi connectivity index (χ0n) is 5.04. The van der Waals surface area contributed by atoms with Crippen LogP contribution in [0.4, 0.5) is 5.69 Å². The number of benzene rings is 1. The second-order valence-electron chi connectivity index (χ2n) is 1.59. The number of aromatic hydroxyl groups is 1. The van der Waals surface area contributed by atoms with Gasteiger partial charge in [0.05, 0.1) is 0 Å². The minimum atomic E-state index is 0. The third-order valence-electron chi connectivity index (χ3n) is 0.870. The summed E-state index contributed by atoms with van der Waals surface area (Å²) in [5.74, 6) is 0.213. The molecule has 1 aromatic carbocycles. The molecule has 0 saturated carbocycles. The van der Waals surface area contributed by atoms with Crippen molar-refractivity contribution in [3.63, 3.8) is 0 Å². The molecule has 0 bridgehead atoms. The van der Waals surface area contributed by atoms with E-state index in [9.17, 15) is 0 Å². The van der Waals surface area contributed by atoms with Crippen LogP contribution in [0, 0.1) is 0 Å². The van der Waals surface area contributed by atoms with Crippen molar-refractivity contribution >= 4 is 43.4 Å². The van der Waals surface area contributed by atoms with Crippen molar-refractivity contribution in [1.82, 2.24) is 0 Å². The van der Waals surface area contributed by atoms with E-state index in [0.29, 0.717) is 5.69 Å². The predicted molar refractivity (Wildman–Crippen MR) is 38.3 cm³/mol. The first-order valence-electron chi connectivity index (χ1n) is 2.33. The van der Waals surface area contributed by atoms with Gasteiger partial charge in [0.2, 0.25) is 0 Å². The Bertz CT molecular complexity index is 173. The van der Waals surface area contributed by atoms with E-state index < -0.39 is 0 Å². The predicted octanol–water partition coefficient (Wildman–Crippen LogP) is 0.594. The molecule has 0 aliphatic carbocycles. The van der Waals surface area contributed by atoms with Gasteiger partial charge in [-0.3, -0.25) is 0 Å². The largest absolute Gasteiger partial charge is 0.508 e. The molecule has 0 saturated heterocycles. The zero-order chi connectivity index (χ0) is 5.98. The monoisotopic (exact) mass is 149 g/mol. The van der Waals surface area contributed by atoms with E-state index in [1.165, 1.54) is 6.07 Å². The summed E-state index contributed by atoms with van der Waals surface area (Å²) in [5.41, 5.74) is 5.89. The Balaban J connectivity index is 0.000000640. The molecule has 9 heavy (non-hydrogen) atoms. The third kappa shape index (κ3) is 2.94. The smallest absolute Gasteiger partial charge is 0.117 e. The molecule has 2 radical (unpaired) electrons. The molecular formula is C6H7CaNO. The van der Waals surface area contributed by atoms with Crippen LogP contribution in [0.2, 0.25) is 0 Å². The summed E-state index contributed by atoms with van der Waals surface area (Å²) in [6.45, 7) is 0. The van der Waals surface area contributed by atoms with Crippen molar-refractivity contribution in [2.24, 2.45) is 0 Å². The van der Waals surface area contributed by atoms with Crippen LogP contribution in [0.25, 0.3) is 0 Å². The van der Waals surface area contributed by atoms with Crippen LogP contribution in [-0.4, -0.2) is 42.8 Å². The third-order valence-corrected chi connectivity index (χ3v) is 0.870. The molecular weight excluding hydrogens is 142 g/mol. The molecule has 44 valence electrons. The van der Waals surface area contributed by atoms with Gasteiger partial charge in [-0.25, -0.2) is 0 Å². The van der Waals surface area contributed by atoms with Gasteiger partial charge < -0.3 is 10.8 Å². The fourth-order valence-corrected chi connectivity index (χ4v) is 0.525. The molecule has 0 atom stereocenters. The molecule has 0 aliphatic rings. The summed E-state index contributed by atoms with van der Waals surface area (Å²) in [7, 11) is 0. The molecule has 3 heteroatoms. The molecule has 1 rings (SSSR count). The Morgan fingerprint density at radius 3 is 2.33 bits per heavy atom. The number of anilines is 1. The van der Waals surface area contributed by atoms with Gasteiger partial charge in [0.1, 0.15) is 5.75 Å². The van der Waals surface area contributed by atoms with Crippen molar-refractivity contribution in [2.45, 2.75) is 0 Å². The van der Waals surface area contributed by atoms with Crippen molar-refractivity contribution in [3.05, 3.63) is 24.3 Å². The van der Waals surface area contributed by atoms with Crippen molar-refractivity contribution < 1.29 is 5.11 Å². The number of nitrogen functional groups attached to an aromatic ring is 1. The number of rotatable bonds is 0. The van der Waals surface area contributed by atoms with E-state index in [1.54, 1.807) is 18.2 Å². The minimum absolute atomic E-state index is 0. The van der Waals surface area contributed by atoms with E-state index >= 15 is 0 Å². The van der Waals surface area contributed by atoms with E-state index in [1.807, 2.05) is 0 Å². The normalized spacial score (nSPS) is 8.00. The van der Waals surface area contributed by atoms with E-state index in [4.69, 9.17) is 10.8 Å². The van der Waals surface area contributed by atoms with Gasteiger partial charge in [-0.1, -0.05) is 6.07 Å². The fraction of sp³-hybridized carbons (Fsp3) is 0. The molecule has 1 aromatic rings. The molecule has 0 unspecified atom stereocenters. The first-order chi connectivity index (χ1) is 3.79. The minimum Gasteiger partial charge on any atom is -0.508 e. The van der Waals surface area contributed by atoms with Gasteiger partial charge in [-0.05, 0) is 12.1 Å². The molecule has 0 fully saturated rings. The average molecular weight is 149 g/mol. The Kier molecular flexibility index (Phi) is 4.02. The first-order valence-corrected chi connectivity index (χ1v) is 2.33. The molecule has 3 N–H and O–H groups in total. The van der Waals surface area contributed by atoms with E-state index in [-0.39, 0.29) is 43.5 Å². The first kappa shape index (κ1) is 9.08. The molecule has 2 nitrogen and oxygen atoms in total. The number of hydrogen-bond donors (Lipinski definition) is 2.